The predicted octanol–water partition coefficient (Wildman–Crippen LogP) is 5.74. The maximum Gasteiger partial charge on any atom is 0.124 e. The average molecular weight is 465 g/mol. The lowest BCUT2D eigenvalue weighted by atomic mass is 9.99. The second-order valence-electron chi connectivity index (χ2n) is 9.58. The fourth-order valence-corrected chi connectivity index (χ4v) is 5.12. The summed E-state index contributed by atoms with van der Waals surface area (Å²) in [4.78, 5) is 16.5. The Morgan fingerprint density at radius 3 is 2.54 bits per heavy atom. The van der Waals surface area contributed by atoms with Gasteiger partial charge in [0.25, 0.3) is 0 Å². The molecule has 0 saturated carbocycles. The number of imidazole rings is 2. The monoisotopic (exact) mass is 464 g/mol. The van der Waals surface area contributed by atoms with Crippen LogP contribution in [0.2, 0.25) is 0 Å². The molecule has 3 aromatic carbocycles. The molecule has 6 rings (SSSR count). The Labute approximate surface area is 205 Å². The molecule has 35 heavy (non-hydrogen) atoms. The third-order valence-electron chi connectivity index (χ3n) is 7.09. The molecule has 4 N–H and O–H groups in total. The third kappa shape index (κ3) is 4.59. The van der Waals surface area contributed by atoms with Gasteiger partial charge in [-0.1, -0.05) is 30.3 Å². The van der Waals surface area contributed by atoms with Gasteiger partial charge < -0.3 is 20.6 Å². The molecule has 6 nitrogen and oxygen atoms in total. The second-order valence-corrected chi connectivity index (χ2v) is 9.58. The second kappa shape index (κ2) is 9.64. The zero-order valence-corrected chi connectivity index (χ0v) is 20.2. The third-order valence-corrected chi connectivity index (χ3v) is 7.09. The minimum Gasteiger partial charge on any atom is -0.342 e. The number of fused-ring (bicyclic) bond motifs is 2. The summed E-state index contributed by atoms with van der Waals surface area (Å²) in [6.07, 6.45) is 7.60. The molecular formula is C29H32N6. The highest BCUT2D eigenvalue weighted by Crippen LogP contribution is 2.30. The maximum absolute atomic E-state index is 4.82. The Morgan fingerprint density at radius 1 is 0.914 bits per heavy atom. The van der Waals surface area contributed by atoms with Crippen molar-refractivity contribution in [3.05, 3.63) is 72.4 Å². The largest absolute Gasteiger partial charge is 0.342 e. The van der Waals surface area contributed by atoms with E-state index in [0.717, 1.165) is 67.1 Å². The van der Waals surface area contributed by atoms with Crippen molar-refractivity contribution in [3.63, 3.8) is 0 Å². The first-order valence-electron chi connectivity index (χ1n) is 12.7. The summed E-state index contributed by atoms with van der Waals surface area (Å²) in [6.45, 7) is 2.12. The SMILES string of the molecule is CNCCCCc1ncc(-c2ccc3cc(-c4ccc5nc([C@@H]6CCCN6)[nH]c5c4)ccc3c2)[nH]1. The molecule has 6 heteroatoms. The molecule has 1 saturated heterocycles. The van der Waals surface area contributed by atoms with Crippen LogP contribution in [0.5, 0.6) is 0 Å². The van der Waals surface area contributed by atoms with Gasteiger partial charge in [-0.3, -0.25) is 0 Å². The smallest absolute Gasteiger partial charge is 0.124 e. The van der Waals surface area contributed by atoms with Gasteiger partial charge in [0.2, 0.25) is 0 Å². The first-order chi connectivity index (χ1) is 17.3. The van der Waals surface area contributed by atoms with Gasteiger partial charge in [-0.15, -0.1) is 0 Å². The van der Waals surface area contributed by atoms with E-state index >= 15 is 0 Å². The molecule has 1 aliphatic rings. The molecule has 1 aliphatic heterocycles. The maximum atomic E-state index is 4.82. The van der Waals surface area contributed by atoms with Crippen LogP contribution in [0.3, 0.4) is 0 Å². The highest BCUT2D eigenvalue weighted by atomic mass is 15.0. The number of aromatic nitrogens is 4. The van der Waals surface area contributed by atoms with Crippen LogP contribution < -0.4 is 10.6 Å². The summed E-state index contributed by atoms with van der Waals surface area (Å²) >= 11 is 0. The van der Waals surface area contributed by atoms with Crippen LogP contribution >= 0.6 is 0 Å². The van der Waals surface area contributed by atoms with Crippen LogP contribution in [-0.2, 0) is 6.42 Å². The Morgan fingerprint density at radius 2 is 1.71 bits per heavy atom. The van der Waals surface area contributed by atoms with Crippen LogP contribution in [0.4, 0.5) is 0 Å². The van der Waals surface area contributed by atoms with Gasteiger partial charge in [0.1, 0.15) is 11.6 Å². The van der Waals surface area contributed by atoms with Gasteiger partial charge >= 0.3 is 0 Å². The van der Waals surface area contributed by atoms with E-state index in [9.17, 15) is 0 Å². The molecular weight excluding hydrogens is 432 g/mol. The molecule has 5 aromatic rings. The number of nitrogens with one attached hydrogen (secondary N) is 4. The van der Waals surface area contributed by atoms with Crippen molar-refractivity contribution in [1.82, 2.24) is 30.6 Å². The van der Waals surface area contributed by atoms with Gasteiger partial charge in [0.05, 0.1) is 29.0 Å². The highest BCUT2D eigenvalue weighted by molar-refractivity contribution is 5.91. The van der Waals surface area contributed by atoms with Crippen LogP contribution in [0.15, 0.2) is 60.8 Å². The van der Waals surface area contributed by atoms with E-state index in [-0.39, 0.29) is 0 Å². The zero-order chi connectivity index (χ0) is 23.6. The number of rotatable bonds is 8. The molecule has 0 spiro atoms. The minimum atomic E-state index is 0.352. The van der Waals surface area contributed by atoms with Crippen molar-refractivity contribution in [2.75, 3.05) is 20.1 Å². The summed E-state index contributed by atoms with van der Waals surface area (Å²) in [5.41, 5.74) is 6.80. The quantitative estimate of drug-likeness (QED) is 0.221. The molecule has 1 atom stereocenters. The van der Waals surface area contributed by atoms with Crippen molar-refractivity contribution in [3.8, 4) is 22.4 Å². The lowest BCUT2D eigenvalue weighted by Gasteiger charge is -2.06. The fourth-order valence-electron chi connectivity index (χ4n) is 5.12. The fraction of sp³-hybridized carbons (Fsp3) is 0.310. The van der Waals surface area contributed by atoms with Crippen molar-refractivity contribution in [2.45, 2.75) is 38.1 Å². The lowest BCUT2D eigenvalue weighted by molar-refractivity contribution is 0.614. The minimum absolute atomic E-state index is 0.352. The van der Waals surface area contributed by atoms with Gasteiger partial charge in [-0.2, -0.15) is 0 Å². The van der Waals surface area contributed by atoms with Crippen LogP contribution in [0.25, 0.3) is 44.2 Å². The van der Waals surface area contributed by atoms with E-state index in [1.165, 1.54) is 33.9 Å². The summed E-state index contributed by atoms with van der Waals surface area (Å²) < 4.78 is 0. The topological polar surface area (TPSA) is 81.4 Å². The van der Waals surface area contributed by atoms with Crippen molar-refractivity contribution in [2.24, 2.45) is 0 Å². The number of H-pyrrole nitrogens is 2. The molecule has 2 aromatic heterocycles. The van der Waals surface area contributed by atoms with Crippen molar-refractivity contribution >= 4 is 21.8 Å². The summed E-state index contributed by atoms with van der Waals surface area (Å²) in [7, 11) is 2.00. The lowest BCUT2D eigenvalue weighted by Crippen LogP contribution is -2.13. The molecule has 3 heterocycles. The molecule has 0 radical (unpaired) electrons. The van der Waals surface area contributed by atoms with Gasteiger partial charge in [-0.25, -0.2) is 9.97 Å². The molecule has 0 bridgehead atoms. The van der Waals surface area contributed by atoms with Gasteiger partial charge in [-0.05, 0) is 92.0 Å². The Kier molecular flexibility index (Phi) is 6.06. The number of nitrogens with zero attached hydrogens (tertiary/aromatic N) is 2. The predicted molar refractivity (Wildman–Crippen MR) is 143 cm³/mol. The normalized spacial score (nSPS) is 16.0. The average Bonchev–Trinajstić information content (AvgIpc) is 3.66. The Hall–Kier alpha value is -3.48. The van der Waals surface area contributed by atoms with Gasteiger partial charge in [0.15, 0.2) is 0 Å². The molecule has 0 aliphatic carbocycles. The van der Waals surface area contributed by atoms with E-state index in [4.69, 9.17) is 4.98 Å². The van der Waals surface area contributed by atoms with Crippen molar-refractivity contribution in [1.29, 1.82) is 0 Å². The van der Waals surface area contributed by atoms with Crippen molar-refractivity contribution < 1.29 is 0 Å². The number of unbranched alkanes of at least 4 members (excludes halogenated alkanes) is 1. The number of benzene rings is 3. The van der Waals surface area contributed by atoms with Gasteiger partial charge in [0, 0.05) is 12.0 Å². The summed E-state index contributed by atoms with van der Waals surface area (Å²) in [5, 5.41) is 9.19. The molecule has 1 fully saturated rings. The van der Waals surface area contributed by atoms with Crippen LogP contribution in [0, 0.1) is 0 Å². The van der Waals surface area contributed by atoms with E-state index < -0.39 is 0 Å². The zero-order valence-electron chi connectivity index (χ0n) is 20.2. The summed E-state index contributed by atoms with van der Waals surface area (Å²) in [5.74, 6) is 2.12. The Bertz CT molecular complexity index is 1460. The Balaban J connectivity index is 1.23. The van der Waals surface area contributed by atoms with E-state index in [2.05, 4.69) is 80.2 Å². The van der Waals surface area contributed by atoms with E-state index in [1.807, 2.05) is 13.2 Å². The summed E-state index contributed by atoms with van der Waals surface area (Å²) in [6, 6.07) is 20.2. The van der Waals surface area contributed by atoms with Crippen LogP contribution in [-0.4, -0.2) is 40.1 Å². The molecule has 178 valence electrons. The van der Waals surface area contributed by atoms with E-state index in [0.29, 0.717) is 6.04 Å². The number of hydrogen-bond donors (Lipinski definition) is 4. The molecule has 0 unspecified atom stereocenters. The number of hydrogen-bond acceptors (Lipinski definition) is 4. The molecule has 0 amide bonds. The highest BCUT2D eigenvalue weighted by Gasteiger charge is 2.19. The first kappa shape index (κ1) is 22.0. The van der Waals surface area contributed by atoms with E-state index in [1.54, 1.807) is 0 Å². The van der Waals surface area contributed by atoms with Crippen LogP contribution in [0.1, 0.15) is 43.4 Å². The standard InChI is InChI=1S/C29H32N6/c1-30-13-3-2-6-28-32-18-27(33-28)23-10-9-19-15-20(7-8-21(19)16-23)22-11-12-24-26(17-22)35-29(34-24)25-5-4-14-31-25/h7-12,15-18,25,30-31H,2-6,13-14H2,1H3,(H,32,33)(H,34,35)/t25-/m0/s1. The number of aryl methyl sites for hydroxylation is 1. The number of aromatic amines is 2. The first-order valence-corrected chi connectivity index (χ1v) is 12.7.